The summed E-state index contributed by atoms with van der Waals surface area (Å²) >= 11 is 3.06. The van der Waals surface area contributed by atoms with Crippen LogP contribution in [0.5, 0.6) is 0 Å². The summed E-state index contributed by atoms with van der Waals surface area (Å²) in [7, 11) is 0. The van der Waals surface area contributed by atoms with Crippen molar-refractivity contribution < 1.29 is 0 Å². The maximum absolute atomic E-state index is 3.06. The average Bonchev–Trinajstić information content (AvgIpc) is 2.38. The van der Waals surface area contributed by atoms with Gasteiger partial charge in [0.25, 0.3) is 0 Å². The molecule has 0 aliphatic heterocycles. The Morgan fingerprint density at radius 2 is 1.35 bits per heavy atom. The summed E-state index contributed by atoms with van der Waals surface area (Å²) in [6.45, 7) is 2.12. The molecule has 0 bridgehead atoms. The van der Waals surface area contributed by atoms with Crippen LogP contribution in [0.1, 0.15) is 17.5 Å². The molecule has 0 N–H and O–H groups in total. The van der Waals surface area contributed by atoms with Crippen LogP contribution >= 0.6 is 0 Å². The van der Waals surface area contributed by atoms with Crippen LogP contribution in [0.2, 0.25) is 5.32 Å². The number of hydrogen-bond donors (Lipinski definition) is 0. The summed E-state index contributed by atoms with van der Waals surface area (Å²) in [5, 5.41) is 1.14. The maximum atomic E-state index is 3.06. The van der Waals surface area contributed by atoms with E-state index < -0.39 is 0 Å². The van der Waals surface area contributed by atoms with Crippen molar-refractivity contribution in [2.24, 2.45) is 0 Å². The van der Waals surface area contributed by atoms with Crippen molar-refractivity contribution in [1.82, 2.24) is 0 Å². The first kappa shape index (κ1) is 12.4. The molecule has 0 saturated heterocycles. The Morgan fingerprint density at radius 1 is 0.824 bits per heavy atom. The third kappa shape index (κ3) is 3.46. The second-order valence-electron chi connectivity index (χ2n) is 4.37. The van der Waals surface area contributed by atoms with Gasteiger partial charge in [-0.25, -0.2) is 0 Å². The predicted molar refractivity (Wildman–Crippen MR) is 75.5 cm³/mol. The molecule has 0 saturated carbocycles. The molecule has 0 fully saturated rings. The van der Waals surface area contributed by atoms with Crippen LogP contribution in [0.15, 0.2) is 48.5 Å². The van der Waals surface area contributed by atoms with Gasteiger partial charge in [-0.2, -0.15) is 0 Å². The van der Waals surface area contributed by atoms with Crippen LogP contribution < -0.4 is 0 Å². The molecule has 0 aliphatic rings. The number of rotatable bonds is 4. The van der Waals surface area contributed by atoms with Crippen LogP contribution in [0.25, 0.3) is 11.1 Å². The molecule has 0 nitrogen and oxygen atoms in total. The molecule has 0 spiro atoms. The van der Waals surface area contributed by atoms with E-state index in [0.29, 0.717) is 0 Å². The third-order valence-corrected chi connectivity index (χ3v) is 3.55. The molecular formula is C16H17Se. The Hall–Kier alpha value is -1.04. The summed E-state index contributed by atoms with van der Waals surface area (Å²) in [5.74, 6) is 0. The first-order chi connectivity index (χ1) is 8.29. The minimum atomic E-state index is 1.14. The van der Waals surface area contributed by atoms with Crippen molar-refractivity contribution >= 4 is 16.0 Å². The van der Waals surface area contributed by atoms with Crippen molar-refractivity contribution in [1.29, 1.82) is 0 Å². The zero-order chi connectivity index (χ0) is 12.1. The fourth-order valence-electron chi connectivity index (χ4n) is 1.89. The van der Waals surface area contributed by atoms with Crippen LogP contribution in [-0.4, -0.2) is 16.0 Å². The topological polar surface area (TPSA) is 0 Å². The molecular weight excluding hydrogens is 271 g/mol. The van der Waals surface area contributed by atoms with E-state index in [2.05, 4.69) is 71.5 Å². The zero-order valence-electron chi connectivity index (χ0n) is 10.1. The molecule has 2 aromatic carbocycles. The average molecular weight is 288 g/mol. The van der Waals surface area contributed by atoms with Crippen molar-refractivity contribution in [3.63, 3.8) is 0 Å². The molecule has 2 aromatic rings. The first-order valence-corrected chi connectivity index (χ1v) is 7.25. The minimum absolute atomic E-state index is 1.14. The second kappa shape index (κ2) is 6.05. The predicted octanol–water partition coefficient (Wildman–Crippen LogP) is 4.18. The molecule has 0 amide bonds. The zero-order valence-corrected chi connectivity index (χ0v) is 11.9. The molecule has 2 rings (SSSR count). The Kier molecular flexibility index (Phi) is 4.42. The van der Waals surface area contributed by atoms with E-state index in [-0.39, 0.29) is 0 Å². The van der Waals surface area contributed by atoms with Crippen molar-refractivity contribution in [2.75, 3.05) is 0 Å². The summed E-state index contributed by atoms with van der Waals surface area (Å²) in [5.41, 5.74) is 5.34. The monoisotopic (exact) mass is 289 g/mol. The molecule has 1 heteroatoms. The molecule has 0 aromatic heterocycles. The van der Waals surface area contributed by atoms with Gasteiger partial charge in [-0.15, -0.1) is 0 Å². The van der Waals surface area contributed by atoms with Gasteiger partial charge in [0.2, 0.25) is 0 Å². The Balaban J connectivity index is 2.14. The van der Waals surface area contributed by atoms with Gasteiger partial charge < -0.3 is 0 Å². The van der Waals surface area contributed by atoms with Gasteiger partial charge in [-0.1, -0.05) is 0 Å². The van der Waals surface area contributed by atoms with E-state index in [1.54, 1.807) is 0 Å². The van der Waals surface area contributed by atoms with E-state index in [0.717, 1.165) is 5.32 Å². The number of benzene rings is 2. The van der Waals surface area contributed by atoms with E-state index in [1.807, 2.05) is 0 Å². The van der Waals surface area contributed by atoms with Crippen LogP contribution in [0.3, 0.4) is 0 Å². The fourth-order valence-corrected chi connectivity index (χ4v) is 2.19. The molecule has 87 valence electrons. The van der Waals surface area contributed by atoms with Crippen LogP contribution in [-0.2, 0) is 6.42 Å². The number of aryl methyl sites for hydroxylation is 2. The summed E-state index contributed by atoms with van der Waals surface area (Å²) in [6.07, 6.45) is 2.39. The van der Waals surface area contributed by atoms with E-state index in [9.17, 15) is 0 Å². The van der Waals surface area contributed by atoms with Crippen molar-refractivity contribution in [3.05, 3.63) is 59.7 Å². The fraction of sp³-hybridized carbons (Fsp3) is 0.250. The van der Waals surface area contributed by atoms with Gasteiger partial charge in [0.05, 0.1) is 0 Å². The van der Waals surface area contributed by atoms with Crippen molar-refractivity contribution in [2.45, 2.75) is 25.1 Å². The van der Waals surface area contributed by atoms with Crippen LogP contribution in [0, 0.1) is 6.92 Å². The summed E-state index contributed by atoms with van der Waals surface area (Å²) in [4.78, 5) is 0. The Bertz CT molecular complexity index is 454. The van der Waals surface area contributed by atoms with Gasteiger partial charge >= 0.3 is 112 Å². The molecule has 0 aliphatic carbocycles. The third-order valence-electron chi connectivity index (χ3n) is 2.95. The van der Waals surface area contributed by atoms with E-state index in [1.165, 1.54) is 35.1 Å². The van der Waals surface area contributed by atoms with Gasteiger partial charge in [0, 0.05) is 0 Å². The molecule has 0 atom stereocenters. The first-order valence-electron chi connectivity index (χ1n) is 6.03. The van der Waals surface area contributed by atoms with Gasteiger partial charge in [-0.3, -0.25) is 0 Å². The Labute approximate surface area is 112 Å². The standard InChI is InChI=1S/C16H17Se/c1-13-4-8-15(9-5-13)16-10-6-14(7-11-16)3-2-12-17/h4-11H,2-3,12H2,1H3. The quantitative estimate of drug-likeness (QED) is 0.740. The Morgan fingerprint density at radius 3 is 1.88 bits per heavy atom. The molecule has 1 radical (unpaired) electrons. The number of hydrogen-bond acceptors (Lipinski definition) is 0. The van der Waals surface area contributed by atoms with Gasteiger partial charge in [0.1, 0.15) is 0 Å². The van der Waals surface area contributed by atoms with E-state index >= 15 is 0 Å². The van der Waals surface area contributed by atoms with E-state index in [4.69, 9.17) is 0 Å². The molecule has 0 unspecified atom stereocenters. The molecule has 0 heterocycles. The normalized spacial score (nSPS) is 10.5. The van der Waals surface area contributed by atoms with Crippen LogP contribution in [0.4, 0.5) is 0 Å². The SMILES string of the molecule is Cc1ccc(-c2ccc(CCC[Se])cc2)cc1. The summed E-state index contributed by atoms with van der Waals surface area (Å²) < 4.78 is 0. The van der Waals surface area contributed by atoms with Gasteiger partial charge in [0.15, 0.2) is 0 Å². The van der Waals surface area contributed by atoms with Gasteiger partial charge in [-0.05, 0) is 0 Å². The van der Waals surface area contributed by atoms with Crippen molar-refractivity contribution in [3.8, 4) is 11.1 Å². The second-order valence-corrected chi connectivity index (χ2v) is 5.23. The summed E-state index contributed by atoms with van der Waals surface area (Å²) in [6, 6.07) is 17.6. The molecule has 17 heavy (non-hydrogen) atoms.